The summed E-state index contributed by atoms with van der Waals surface area (Å²) >= 11 is 0. The zero-order valence-corrected chi connectivity index (χ0v) is 59.2. The molecule has 0 saturated carbocycles. The molecular weight excluding hydrogens is 1250 g/mol. The molecule has 8 heterocycles. The van der Waals surface area contributed by atoms with Crippen LogP contribution in [0.25, 0.3) is 0 Å². The predicted octanol–water partition coefficient (Wildman–Crippen LogP) is 8.50. The van der Waals surface area contributed by atoms with Gasteiger partial charge in [0.2, 0.25) is 0 Å². The quantitative estimate of drug-likeness (QED) is 0.0960. The van der Waals surface area contributed by atoms with Gasteiger partial charge in [0, 0.05) is 45.4 Å². The number of ether oxygens (including phenoxy) is 20. The van der Waals surface area contributed by atoms with Gasteiger partial charge in [0.15, 0.2) is 73.7 Å². The molecule has 0 aromatic heterocycles. The number of aliphatic hydroxyl groups excluding tert-OH is 1. The van der Waals surface area contributed by atoms with Gasteiger partial charge >= 0.3 is 23.9 Å². The summed E-state index contributed by atoms with van der Waals surface area (Å²) in [6.07, 6.45) is -17.8. The Balaban J connectivity index is 0.000000225. The van der Waals surface area contributed by atoms with Crippen LogP contribution in [0.15, 0.2) is 60.7 Å². The van der Waals surface area contributed by atoms with Crippen LogP contribution in [-0.2, 0) is 127 Å². The van der Waals surface area contributed by atoms with Crippen LogP contribution in [-0.4, -0.2) is 194 Å². The van der Waals surface area contributed by atoms with Crippen molar-refractivity contribution in [1.82, 2.24) is 0 Å². The zero-order chi connectivity index (χ0) is 69.8. The van der Waals surface area contributed by atoms with Crippen molar-refractivity contribution in [2.45, 2.75) is 323 Å². The highest BCUT2D eigenvalue weighted by Crippen LogP contribution is 2.46. The molecule has 96 heavy (non-hydrogen) atoms. The average Bonchev–Trinajstić information content (AvgIpc) is 1.49. The van der Waals surface area contributed by atoms with E-state index in [0.29, 0.717) is 6.42 Å². The Labute approximate surface area is 565 Å². The first-order valence-electron chi connectivity index (χ1n) is 34.3. The molecule has 8 aliphatic heterocycles. The Bertz CT molecular complexity index is 2640. The van der Waals surface area contributed by atoms with Gasteiger partial charge in [0.25, 0.3) is 0 Å². The summed E-state index contributed by atoms with van der Waals surface area (Å²) in [5, 5.41) is 11.4. The lowest BCUT2D eigenvalue weighted by molar-refractivity contribution is -0.375. The van der Waals surface area contributed by atoms with E-state index in [1.54, 1.807) is 6.92 Å². The van der Waals surface area contributed by atoms with Crippen molar-refractivity contribution in [2.75, 3.05) is 0 Å². The molecule has 2 aromatic carbocycles. The molecule has 8 aliphatic rings. The molecule has 10 rings (SSSR count). The number of benzene rings is 2. The number of hydrogen-bond acceptors (Lipinski definition) is 25. The summed E-state index contributed by atoms with van der Waals surface area (Å²) in [5.41, 5.74) is 1.89. The summed E-state index contributed by atoms with van der Waals surface area (Å²) in [5.74, 6) is -4.20. The van der Waals surface area contributed by atoms with Gasteiger partial charge in [-0.3, -0.25) is 19.2 Å². The molecule has 25 heteroatoms. The van der Waals surface area contributed by atoms with Crippen LogP contribution in [0.5, 0.6) is 0 Å². The van der Waals surface area contributed by atoms with E-state index >= 15 is 0 Å². The van der Waals surface area contributed by atoms with Gasteiger partial charge in [-0.15, -0.1) is 0 Å². The third-order valence-electron chi connectivity index (χ3n) is 19.8. The van der Waals surface area contributed by atoms with Crippen LogP contribution in [0.2, 0.25) is 0 Å². The highest BCUT2D eigenvalue weighted by atomic mass is 16.8. The Morgan fingerprint density at radius 1 is 0.375 bits per heavy atom. The van der Waals surface area contributed by atoms with Crippen LogP contribution in [0, 0.1) is 29.6 Å². The summed E-state index contributed by atoms with van der Waals surface area (Å²) in [6.45, 7) is 34.6. The Morgan fingerprint density at radius 2 is 0.698 bits per heavy atom. The van der Waals surface area contributed by atoms with Gasteiger partial charge < -0.3 is 99.8 Å². The van der Waals surface area contributed by atoms with Gasteiger partial charge in [-0.2, -0.15) is 0 Å². The van der Waals surface area contributed by atoms with E-state index in [0.717, 1.165) is 17.5 Å². The Kier molecular flexibility index (Phi) is 25.7. The lowest BCUT2D eigenvalue weighted by Gasteiger charge is -2.50. The minimum absolute atomic E-state index is 0.0481. The Morgan fingerprint density at radius 3 is 1.08 bits per heavy atom. The number of hydrogen-bond donors (Lipinski definition) is 1. The maximum atomic E-state index is 12.6. The number of aliphatic hydroxyl groups is 1. The second-order valence-electron chi connectivity index (χ2n) is 27.9. The van der Waals surface area contributed by atoms with Crippen LogP contribution < -0.4 is 0 Å². The smallest absolute Gasteiger partial charge is 0.303 e. The SMILES string of the molecule is CCC1O[C@@H](O[C@@H]2C(OC(C)=O)[C@H](O[C@@H]3C(OCc4ccccc4)OC(C)[C@@H]4OC(C)(C)OC34)OC(C)[C@@H]2C)[C@@H](OC(C)=O)C(C)[C@@H]1C.CCC1O[C@@H](O[C@@H]2C(OC(C)=O)[C@H](O[C@@H]3C(OCc4ccccc4)OC(C)[C@@H]4OC(C)(C)OC34)OC(C)[C@@H]2O)[C@@H](OC(C)=O)C(C)[C@@H]1C. The molecular formula is C71H106O25. The summed E-state index contributed by atoms with van der Waals surface area (Å²) in [6, 6.07) is 19.4. The van der Waals surface area contributed by atoms with E-state index in [1.165, 1.54) is 27.7 Å². The first-order chi connectivity index (χ1) is 45.4. The molecule has 0 spiro atoms. The van der Waals surface area contributed by atoms with Crippen LogP contribution in [0.1, 0.15) is 156 Å². The molecule has 8 saturated heterocycles. The number of carbonyl (C=O) groups is 4. The van der Waals surface area contributed by atoms with E-state index in [4.69, 9.17) is 94.7 Å². The second kappa shape index (κ2) is 32.5. The largest absolute Gasteiger partial charge is 0.457 e. The second-order valence-corrected chi connectivity index (χ2v) is 27.9. The number of fused-ring (bicyclic) bond motifs is 2. The first kappa shape index (κ1) is 75.8. The first-order valence-corrected chi connectivity index (χ1v) is 34.3. The standard InChI is InChI=1S/C36H54O12.C35H52O13/c1-11-26-18(2)19(3)28(42-23(7)37)34(44-26)45-27-20(4)21(5)40-35(31(27)43-24(8)38)46-32-30-29(47-36(9,10)48-30)22(6)41-33(32)39-17-25-15-13-12-14-16-25;1-10-24-17(2)18(3)26(42-21(6)36)33(44-24)45-28-25(38)19(4)40-34(30(28)43-22(7)37)46-31-29-27(47-35(8,9)48-29)20(5)41-32(31)39-16-23-14-12-11-13-15-23/h12-16,18-22,26-35H,11,17H2,1-10H3;11-15,17-20,24-34,38H,10,16H2,1-9H3/t18-,19?,20-,21?,22?,26?,27-,28-,29-,30?,31?,32-,33?,34-,35-;17-,18?,19?,20?,24?,25-,26-,27-,28-,29?,30?,31-,32?,33-,34-/m00/s1. The summed E-state index contributed by atoms with van der Waals surface area (Å²) in [7, 11) is 0. The molecule has 25 nitrogen and oxygen atoms in total. The third kappa shape index (κ3) is 18.0. The minimum Gasteiger partial charge on any atom is -0.457 e. The number of esters is 4. The maximum absolute atomic E-state index is 12.6. The zero-order valence-electron chi connectivity index (χ0n) is 59.2. The van der Waals surface area contributed by atoms with Gasteiger partial charge in [0.05, 0.1) is 49.8 Å². The van der Waals surface area contributed by atoms with Crippen molar-refractivity contribution in [1.29, 1.82) is 0 Å². The highest BCUT2D eigenvalue weighted by Gasteiger charge is 2.61. The third-order valence-corrected chi connectivity index (χ3v) is 19.8. The number of carbonyl (C=O) groups excluding carboxylic acids is 4. The van der Waals surface area contributed by atoms with Crippen LogP contribution in [0.4, 0.5) is 0 Å². The lowest BCUT2D eigenvalue weighted by Crippen LogP contribution is -2.65. The maximum Gasteiger partial charge on any atom is 0.303 e. The van der Waals surface area contributed by atoms with E-state index in [-0.39, 0.29) is 67.2 Å². The molecule has 1 N–H and O–H groups in total. The summed E-state index contributed by atoms with van der Waals surface area (Å²) < 4.78 is 126. The van der Waals surface area contributed by atoms with E-state index < -0.39 is 165 Å². The van der Waals surface area contributed by atoms with Crippen LogP contribution in [0.3, 0.4) is 0 Å². The normalized spacial score (nSPS) is 42.5. The highest BCUT2D eigenvalue weighted by molar-refractivity contribution is 5.67. The van der Waals surface area contributed by atoms with E-state index in [2.05, 4.69) is 13.8 Å². The number of rotatable bonds is 20. The molecule has 0 amide bonds. The van der Waals surface area contributed by atoms with Gasteiger partial charge in [-0.05, 0) is 91.2 Å². The molecule has 0 radical (unpaired) electrons. The lowest BCUT2D eigenvalue weighted by atomic mass is 9.82. The molecule has 2 aromatic rings. The van der Waals surface area contributed by atoms with Crippen molar-refractivity contribution in [3.8, 4) is 0 Å². The topological polar surface area (TPSA) is 273 Å². The summed E-state index contributed by atoms with van der Waals surface area (Å²) in [4.78, 5) is 49.5. The van der Waals surface area contributed by atoms with Crippen molar-refractivity contribution in [2.24, 2.45) is 29.6 Å². The van der Waals surface area contributed by atoms with E-state index in [1.807, 2.05) is 144 Å². The molecule has 8 fully saturated rings. The monoisotopic (exact) mass is 1360 g/mol. The van der Waals surface area contributed by atoms with Crippen molar-refractivity contribution in [3.05, 3.63) is 71.8 Å². The van der Waals surface area contributed by atoms with Crippen molar-refractivity contribution >= 4 is 23.9 Å². The molecule has 0 aliphatic carbocycles. The fourth-order valence-corrected chi connectivity index (χ4v) is 14.3. The van der Waals surface area contributed by atoms with Crippen molar-refractivity contribution < 1.29 is 119 Å². The molecule has 30 atom stereocenters. The van der Waals surface area contributed by atoms with Crippen molar-refractivity contribution in [3.63, 3.8) is 0 Å². The van der Waals surface area contributed by atoms with Gasteiger partial charge in [0.1, 0.15) is 54.9 Å². The minimum atomic E-state index is -1.27. The van der Waals surface area contributed by atoms with Gasteiger partial charge in [-0.1, -0.05) is 109 Å². The van der Waals surface area contributed by atoms with E-state index in [9.17, 15) is 24.3 Å². The molecule has 0 bridgehead atoms. The van der Waals surface area contributed by atoms with Crippen LogP contribution >= 0.6 is 0 Å². The Hall–Kier alpha value is -4.36. The fraction of sp³-hybridized carbons (Fsp3) is 0.775. The molecule has 14 unspecified atom stereocenters. The van der Waals surface area contributed by atoms with Gasteiger partial charge in [-0.25, -0.2) is 0 Å². The predicted molar refractivity (Wildman–Crippen MR) is 339 cm³/mol. The molecule has 540 valence electrons. The average molecular weight is 1360 g/mol. The fourth-order valence-electron chi connectivity index (χ4n) is 14.3.